The summed E-state index contributed by atoms with van der Waals surface area (Å²) in [5.74, 6) is -0.296. The standard InChI is InChI=1S/C16H17BrFNO/c1-20-10-9-11-5-7-12(8-6-11)16(19)15-13(17)3-2-4-14(15)18/h2-8,16H,9-10,19H2,1H3. The molecule has 2 aromatic rings. The Labute approximate surface area is 126 Å². The first kappa shape index (κ1) is 15.2. The molecule has 106 valence electrons. The first-order valence-electron chi connectivity index (χ1n) is 6.40. The van der Waals surface area contributed by atoms with Crippen molar-refractivity contribution in [3.63, 3.8) is 0 Å². The fraction of sp³-hybridized carbons (Fsp3) is 0.250. The summed E-state index contributed by atoms with van der Waals surface area (Å²) >= 11 is 3.36. The first-order chi connectivity index (χ1) is 9.63. The van der Waals surface area contributed by atoms with Crippen molar-refractivity contribution < 1.29 is 9.13 Å². The minimum atomic E-state index is -0.484. The summed E-state index contributed by atoms with van der Waals surface area (Å²) < 4.78 is 19.6. The van der Waals surface area contributed by atoms with Crippen LogP contribution >= 0.6 is 15.9 Å². The lowest BCUT2D eigenvalue weighted by molar-refractivity contribution is 0.202. The topological polar surface area (TPSA) is 35.2 Å². The van der Waals surface area contributed by atoms with E-state index in [1.165, 1.54) is 11.6 Å². The maximum absolute atomic E-state index is 13.9. The fourth-order valence-corrected chi connectivity index (χ4v) is 2.67. The van der Waals surface area contributed by atoms with Gasteiger partial charge in [-0.3, -0.25) is 0 Å². The van der Waals surface area contributed by atoms with Gasteiger partial charge in [0, 0.05) is 17.1 Å². The summed E-state index contributed by atoms with van der Waals surface area (Å²) in [5, 5.41) is 0. The molecule has 0 bridgehead atoms. The number of nitrogens with two attached hydrogens (primary N) is 1. The van der Waals surface area contributed by atoms with Gasteiger partial charge in [-0.1, -0.05) is 46.3 Å². The Bertz CT molecular complexity index is 551. The molecule has 2 N–H and O–H groups in total. The molecule has 0 amide bonds. The molecule has 0 heterocycles. The van der Waals surface area contributed by atoms with E-state index in [9.17, 15) is 4.39 Å². The zero-order valence-electron chi connectivity index (χ0n) is 11.3. The highest BCUT2D eigenvalue weighted by Gasteiger charge is 2.16. The van der Waals surface area contributed by atoms with Gasteiger partial charge in [-0.25, -0.2) is 4.39 Å². The van der Waals surface area contributed by atoms with Gasteiger partial charge in [0.2, 0.25) is 0 Å². The quantitative estimate of drug-likeness (QED) is 0.899. The monoisotopic (exact) mass is 337 g/mol. The second kappa shape index (κ2) is 6.97. The van der Waals surface area contributed by atoms with Crippen molar-refractivity contribution in [1.82, 2.24) is 0 Å². The molecule has 0 fully saturated rings. The highest BCUT2D eigenvalue weighted by Crippen LogP contribution is 2.29. The largest absolute Gasteiger partial charge is 0.384 e. The predicted molar refractivity (Wildman–Crippen MR) is 82.2 cm³/mol. The first-order valence-corrected chi connectivity index (χ1v) is 7.20. The van der Waals surface area contributed by atoms with Crippen molar-refractivity contribution in [2.75, 3.05) is 13.7 Å². The second-order valence-electron chi connectivity index (χ2n) is 4.60. The lowest BCUT2D eigenvalue weighted by atomic mass is 9.97. The van der Waals surface area contributed by atoms with E-state index in [-0.39, 0.29) is 5.82 Å². The second-order valence-corrected chi connectivity index (χ2v) is 5.45. The van der Waals surface area contributed by atoms with Crippen LogP contribution in [0.25, 0.3) is 0 Å². The van der Waals surface area contributed by atoms with Crippen LogP contribution in [-0.4, -0.2) is 13.7 Å². The number of methoxy groups -OCH3 is 1. The van der Waals surface area contributed by atoms with Crippen molar-refractivity contribution in [3.05, 3.63) is 69.4 Å². The Hall–Kier alpha value is -1.23. The van der Waals surface area contributed by atoms with Crippen LogP contribution in [0.15, 0.2) is 46.9 Å². The minimum Gasteiger partial charge on any atom is -0.384 e. The Balaban J connectivity index is 2.23. The van der Waals surface area contributed by atoms with E-state index in [1.807, 2.05) is 24.3 Å². The van der Waals surface area contributed by atoms with Crippen molar-refractivity contribution in [2.24, 2.45) is 5.73 Å². The third-order valence-electron chi connectivity index (χ3n) is 3.24. The molecule has 1 atom stereocenters. The Morgan fingerprint density at radius 1 is 1.20 bits per heavy atom. The van der Waals surface area contributed by atoms with Gasteiger partial charge in [-0.15, -0.1) is 0 Å². The van der Waals surface area contributed by atoms with Crippen molar-refractivity contribution in [2.45, 2.75) is 12.5 Å². The highest BCUT2D eigenvalue weighted by molar-refractivity contribution is 9.10. The number of ether oxygens (including phenoxy) is 1. The summed E-state index contributed by atoms with van der Waals surface area (Å²) in [6, 6.07) is 12.3. The molecule has 2 rings (SSSR count). The van der Waals surface area contributed by atoms with E-state index >= 15 is 0 Å². The van der Waals surface area contributed by atoms with E-state index < -0.39 is 6.04 Å². The molecular weight excluding hydrogens is 321 g/mol. The van der Waals surface area contributed by atoms with E-state index in [0.717, 1.165) is 12.0 Å². The molecule has 0 aliphatic carbocycles. The lowest BCUT2D eigenvalue weighted by Crippen LogP contribution is -2.14. The van der Waals surface area contributed by atoms with Crippen molar-refractivity contribution in [1.29, 1.82) is 0 Å². The number of benzene rings is 2. The summed E-state index contributed by atoms with van der Waals surface area (Å²) in [5.41, 5.74) is 8.72. The summed E-state index contributed by atoms with van der Waals surface area (Å²) in [7, 11) is 1.68. The van der Waals surface area contributed by atoms with Gasteiger partial charge in [0.05, 0.1) is 12.6 Å². The molecule has 0 aromatic heterocycles. The van der Waals surface area contributed by atoms with E-state index in [2.05, 4.69) is 15.9 Å². The van der Waals surface area contributed by atoms with Gasteiger partial charge in [0.15, 0.2) is 0 Å². The van der Waals surface area contributed by atoms with E-state index in [4.69, 9.17) is 10.5 Å². The third-order valence-corrected chi connectivity index (χ3v) is 3.94. The molecule has 20 heavy (non-hydrogen) atoms. The van der Waals surface area contributed by atoms with Crippen molar-refractivity contribution >= 4 is 15.9 Å². The van der Waals surface area contributed by atoms with Gasteiger partial charge in [-0.05, 0) is 29.7 Å². The molecular formula is C16H17BrFNO. The minimum absolute atomic E-state index is 0.296. The summed E-state index contributed by atoms with van der Waals surface area (Å²) in [4.78, 5) is 0. The van der Waals surface area contributed by atoms with Gasteiger partial charge < -0.3 is 10.5 Å². The third kappa shape index (κ3) is 3.45. The molecule has 0 aliphatic rings. The number of rotatable bonds is 5. The van der Waals surface area contributed by atoms with Crippen LogP contribution in [0.5, 0.6) is 0 Å². The predicted octanol–water partition coefficient (Wildman–Crippen LogP) is 3.83. The maximum Gasteiger partial charge on any atom is 0.129 e. The van der Waals surface area contributed by atoms with Crippen LogP contribution in [0.3, 0.4) is 0 Å². The molecule has 0 radical (unpaired) electrons. The summed E-state index contributed by atoms with van der Waals surface area (Å²) in [6.07, 6.45) is 0.857. The van der Waals surface area contributed by atoms with Crippen LogP contribution in [0, 0.1) is 5.82 Å². The van der Waals surface area contributed by atoms with Crippen LogP contribution in [0.2, 0.25) is 0 Å². The van der Waals surface area contributed by atoms with Crippen LogP contribution in [0.1, 0.15) is 22.7 Å². The van der Waals surface area contributed by atoms with Crippen LogP contribution in [0.4, 0.5) is 4.39 Å². The normalized spacial score (nSPS) is 12.4. The molecule has 0 saturated carbocycles. The van der Waals surface area contributed by atoms with Gasteiger partial charge >= 0.3 is 0 Å². The van der Waals surface area contributed by atoms with E-state index in [0.29, 0.717) is 16.6 Å². The Kier molecular flexibility index (Phi) is 5.29. The zero-order chi connectivity index (χ0) is 14.5. The number of hydrogen-bond donors (Lipinski definition) is 1. The van der Waals surface area contributed by atoms with Gasteiger partial charge in [0.25, 0.3) is 0 Å². The van der Waals surface area contributed by atoms with Crippen LogP contribution < -0.4 is 5.73 Å². The molecule has 2 nitrogen and oxygen atoms in total. The molecule has 4 heteroatoms. The molecule has 2 aromatic carbocycles. The van der Waals surface area contributed by atoms with E-state index in [1.54, 1.807) is 19.2 Å². The number of hydrogen-bond acceptors (Lipinski definition) is 2. The number of halogens is 2. The van der Waals surface area contributed by atoms with Crippen LogP contribution in [-0.2, 0) is 11.2 Å². The average molecular weight is 338 g/mol. The zero-order valence-corrected chi connectivity index (χ0v) is 12.9. The maximum atomic E-state index is 13.9. The lowest BCUT2D eigenvalue weighted by Gasteiger charge is -2.15. The molecule has 0 aliphatic heterocycles. The SMILES string of the molecule is COCCc1ccc(C(N)c2c(F)cccc2Br)cc1. The highest BCUT2D eigenvalue weighted by atomic mass is 79.9. The molecule has 0 saturated heterocycles. The Morgan fingerprint density at radius 2 is 1.90 bits per heavy atom. The van der Waals surface area contributed by atoms with Gasteiger partial charge in [-0.2, -0.15) is 0 Å². The smallest absolute Gasteiger partial charge is 0.129 e. The molecule has 0 spiro atoms. The fourth-order valence-electron chi connectivity index (χ4n) is 2.09. The molecule has 1 unspecified atom stereocenters. The summed E-state index contributed by atoms with van der Waals surface area (Å²) in [6.45, 7) is 0.685. The Morgan fingerprint density at radius 3 is 2.50 bits per heavy atom. The van der Waals surface area contributed by atoms with Crippen molar-refractivity contribution in [3.8, 4) is 0 Å². The average Bonchev–Trinajstić information content (AvgIpc) is 2.45. The van der Waals surface area contributed by atoms with Gasteiger partial charge in [0.1, 0.15) is 5.82 Å².